The number of pyridine rings is 1. The second-order valence-corrected chi connectivity index (χ2v) is 12.7. The van der Waals surface area contributed by atoms with Gasteiger partial charge in [-0.05, 0) is 84.6 Å². The summed E-state index contributed by atoms with van der Waals surface area (Å²) in [6.45, 7) is 6.42. The van der Waals surface area contributed by atoms with Gasteiger partial charge in [0.15, 0.2) is 0 Å². The molecule has 0 spiro atoms. The van der Waals surface area contributed by atoms with Crippen LogP contribution in [0.5, 0.6) is 0 Å². The molecule has 0 aliphatic carbocycles. The van der Waals surface area contributed by atoms with E-state index in [2.05, 4.69) is 52.8 Å². The largest absolute Gasteiger partial charge is 0.369 e. The molecule has 7 rings (SSSR count). The van der Waals surface area contributed by atoms with Crippen molar-refractivity contribution in [3.05, 3.63) is 126 Å². The summed E-state index contributed by atoms with van der Waals surface area (Å²) in [4.78, 5) is 54.8. The number of piperazine rings is 1. The molecule has 2 aliphatic heterocycles. The van der Waals surface area contributed by atoms with Crippen LogP contribution in [-0.4, -0.2) is 63.8 Å². The molecule has 0 radical (unpaired) electrons. The monoisotopic (exact) mass is 666 g/mol. The smallest absolute Gasteiger partial charge is 0.255 e. The molecule has 2 fully saturated rings. The zero-order valence-electron chi connectivity index (χ0n) is 27.8. The quantitative estimate of drug-likeness (QED) is 0.170. The Morgan fingerprint density at radius 1 is 0.920 bits per heavy atom. The van der Waals surface area contributed by atoms with Crippen LogP contribution in [0.3, 0.4) is 0 Å². The lowest BCUT2D eigenvalue weighted by Crippen LogP contribution is -2.46. The highest BCUT2D eigenvalue weighted by Gasteiger charge is 2.28. The van der Waals surface area contributed by atoms with Gasteiger partial charge in [0.2, 0.25) is 17.8 Å². The van der Waals surface area contributed by atoms with E-state index in [1.807, 2.05) is 79.7 Å². The van der Waals surface area contributed by atoms with Crippen LogP contribution in [-0.2, 0) is 16.1 Å². The van der Waals surface area contributed by atoms with E-state index in [0.29, 0.717) is 30.0 Å². The van der Waals surface area contributed by atoms with Gasteiger partial charge < -0.3 is 15.5 Å². The van der Waals surface area contributed by atoms with Crippen molar-refractivity contribution < 1.29 is 14.4 Å². The summed E-state index contributed by atoms with van der Waals surface area (Å²) in [5.74, 6) is -0.390. The Balaban J connectivity index is 0.911. The molecule has 2 saturated heterocycles. The molecular weight excluding hydrogens is 628 g/mol. The number of carbonyl (C=O) groups is 3. The van der Waals surface area contributed by atoms with E-state index in [4.69, 9.17) is 0 Å². The van der Waals surface area contributed by atoms with Gasteiger partial charge >= 0.3 is 0 Å². The Bertz CT molecular complexity index is 1990. The molecule has 11 heteroatoms. The standard InChI is InChI=1S/C39H38N8O3/c1-26-4-11-31(23-35(26)44-39-41-18-16-34(43-39)30-3-2-17-40-24-30)42-37(49)29-9-12-32(13-10-29)47-21-19-46(20-22-47)25-27-5-7-28(8-6-27)33-14-15-36(48)45-38(33)50/h2-13,16-18,23-24,33H,14-15,19-22,25H2,1H3,(H,42,49)(H,41,43,44)(H,45,48,50). The van der Waals surface area contributed by atoms with E-state index < -0.39 is 0 Å². The van der Waals surface area contributed by atoms with Crippen LogP contribution in [0.2, 0.25) is 0 Å². The third-order valence-electron chi connectivity index (χ3n) is 9.25. The molecule has 5 aromatic rings. The third-order valence-corrected chi connectivity index (χ3v) is 9.25. The fraction of sp³-hybridized carbons (Fsp3) is 0.231. The molecule has 3 amide bonds. The fourth-order valence-electron chi connectivity index (χ4n) is 6.37. The number of nitrogens with one attached hydrogen (secondary N) is 3. The molecule has 4 heterocycles. The molecule has 11 nitrogen and oxygen atoms in total. The van der Waals surface area contributed by atoms with Crippen molar-refractivity contribution in [1.29, 1.82) is 0 Å². The first-order valence-corrected chi connectivity index (χ1v) is 16.8. The Labute approximate surface area is 290 Å². The van der Waals surface area contributed by atoms with Crippen LogP contribution in [0.15, 0.2) is 104 Å². The van der Waals surface area contributed by atoms with Crippen molar-refractivity contribution in [2.75, 3.05) is 41.7 Å². The van der Waals surface area contributed by atoms with E-state index in [1.165, 1.54) is 5.56 Å². The van der Waals surface area contributed by atoms with Crippen molar-refractivity contribution in [3.8, 4) is 11.3 Å². The van der Waals surface area contributed by atoms with Crippen LogP contribution in [0.25, 0.3) is 11.3 Å². The summed E-state index contributed by atoms with van der Waals surface area (Å²) in [6.07, 6.45) is 6.13. The minimum Gasteiger partial charge on any atom is -0.369 e. The average Bonchev–Trinajstić information content (AvgIpc) is 3.14. The molecule has 3 aromatic carbocycles. The summed E-state index contributed by atoms with van der Waals surface area (Å²) in [6, 6.07) is 27.3. The number of aryl methyl sites for hydroxylation is 1. The van der Waals surface area contributed by atoms with E-state index >= 15 is 0 Å². The second kappa shape index (κ2) is 14.7. The van der Waals surface area contributed by atoms with E-state index in [-0.39, 0.29) is 23.6 Å². The minimum atomic E-state index is -0.260. The minimum absolute atomic E-state index is 0.186. The van der Waals surface area contributed by atoms with Crippen LogP contribution < -0.4 is 20.9 Å². The number of piperidine rings is 1. The van der Waals surface area contributed by atoms with Gasteiger partial charge in [-0.3, -0.25) is 29.6 Å². The lowest BCUT2D eigenvalue weighted by molar-refractivity contribution is -0.134. The summed E-state index contributed by atoms with van der Waals surface area (Å²) in [7, 11) is 0. The van der Waals surface area contributed by atoms with Gasteiger partial charge in [-0.25, -0.2) is 9.97 Å². The molecule has 1 unspecified atom stereocenters. The third kappa shape index (κ3) is 7.68. The maximum absolute atomic E-state index is 13.2. The van der Waals surface area contributed by atoms with Gasteiger partial charge in [-0.15, -0.1) is 0 Å². The Kier molecular flexibility index (Phi) is 9.56. The number of carbonyl (C=O) groups excluding carboxylic acids is 3. The van der Waals surface area contributed by atoms with E-state index in [1.54, 1.807) is 18.6 Å². The maximum atomic E-state index is 13.2. The predicted octanol–water partition coefficient (Wildman–Crippen LogP) is 5.69. The molecule has 0 bridgehead atoms. The summed E-state index contributed by atoms with van der Waals surface area (Å²) < 4.78 is 0. The van der Waals surface area contributed by atoms with Crippen LogP contribution >= 0.6 is 0 Å². The van der Waals surface area contributed by atoms with E-state index in [0.717, 1.165) is 66.5 Å². The van der Waals surface area contributed by atoms with Gasteiger partial charge in [0.1, 0.15) is 0 Å². The second-order valence-electron chi connectivity index (χ2n) is 12.7. The van der Waals surface area contributed by atoms with E-state index in [9.17, 15) is 14.4 Å². The average molecular weight is 667 g/mol. The molecule has 50 heavy (non-hydrogen) atoms. The first-order chi connectivity index (χ1) is 24.4. The van der Waals surface area contributed by atoms with Crippen molar-refractivity contribution in [3.63, 3.8) is 0 Å². The Morgan fingerprint density at radius 3 is 2.46 bits per heavy atom. The molecular formula is C39H38N8O3. The lowest BCUT2D eigenvalue weighted by Gasteiger charge is -2.36. The number of aromatic nitrogens is 3. The van der Waals surface area contributed by atoms with Crippen LogP contribution in [0.1, 0.15) is 45.8 Å². The maximum Gasteiger partial charge on any atom is 0.255 e. The molecule has 1 atom stereocenters. The number of benzene rings is 3. The van der Waals surface area contributed by atoms with Crippen molar-refractivity contribution in [1.82, 2.24) is 25.2 Å². The lowest BCUT2D eigenvalue weighted by atomic mass is 9.90. The van der Waals surface area contributed by atoms with Gasteiger partial charge in [0.05, 0.1) is 11.6 Å². The van der Waals surface area contributed by atoms with Crippen LogP contribution in [0.4, 0.5) is 23.0 Å². The summed E-state index contributed by atoms with van der Waals surface area (Å²) >= 11 is 0. The van der Waals surface area contributed by atoms with Crippen molar-refractivity contribution >= 4 is 40.7 Å². The number of hydrogen-bond acceptors (Lipinski definition) is 9. The topological polar surface area (TPSA) is 132 Å². The first kappa shape index (κ1) is 32.6. The normalized spacial score (nSPS) is 16.5. The van der Waals surface area contributed by atoms with Crippen LogP contribution in [0, 0.1) is 6.92 Å². The molecule has 2 aromatic heterocycles. The molecule has 252 valence electrons. The number of nitrogens with zero attached hydrogens (tertiary/aromatic N) is 5. The van der Waals surface area contributed by atoms with Crippen molar-refractivity contribution in [2.24, 2.45) is 0 Å². The number of anilines is 4. The SMILES string of the molecule is Cc1ccc(NC(=O)c2ccc(N3CCN(Cc4ccc(C5CCC(=O)NC5=O)cc4)CC3)cc2)cc1Nc1nccc(-c2cccnc2)n1. The highest BCUT2D eigenvalue weighted by Crippen LogP contribution is 2.27. The Hall–Kier alpha value is -5.94. The van der Waals surface area contributed by atoms with Crippen molar-refractivity contribution in [2.45, 2.75) is 32.2 Å². The molecule has 0 saturated carbocycles. The fourth-order valence-corrected chi connectivity index (χ4v) is 6.37. The Morgan fingerprint density at radius 2 is 1.72 bits per heavy atom. The molecule has 3 N–H and O–H groups in total. The molecule has 2 aliphatic rings. The highest BCUT2D eigenvalue weighted by atomic mass is 16.2. The predicted molar refractivity (Wildman–Crippen MR) is 193 cm³/mol. The van der Waals surface area contributed by atoms with Gasteiger partial charge in [-0.1, -0.05) is 30.3 Å². The summed E-state index contributed by atoms with van der Waals surface area (Å²) in [5.41, 5.74) is 7.93. The zero-order valence-corrected chi connectivity index (χ0v) is 27.8. The van der Waals surface area contributed by atoms with Gasteiger partial charge in [0.25, 0.3) is 5.91 Å². The highest BCUT2D eigenvalue weighted by molar-refractivity contribution is 6.04. The zero-order chi connectivity index (χ0) is 34.5. The van der Waals surface area contributed by atoms with Gasteiger partial charge in [-0.2, -0.15) is 0 Å². The first-order valence-electron chi connectivity index (χ1n) is 16.8. The van der Waals surface area contributed by atoms with Gasteiger partial charge in [0, 0.05) is 85.9 Å². The number of rotatable bonds is 9. The number of hydrogen-bond donors (Lipinski definition) is 3. The summed E-state index contributed by atoms with van der Waals surface area (Å²) in [5, 5.41) is 8.75. The number of imide groups is 1. The number of amides is 3.